The van der Waals surface area contributed by atoms with Gasteiger partial charge in [0.15, 0.2) is 11.6 Å². The molecule has 1 aromatic carbocycles. The number of carbonyl (C=O) groups excluding carboxylic acids is 1. The highest BCUT2D eigenvalue weighted by Gasteiger charge is 2.25. The molecule has 0 saturated carbocycles. The lowest BCUT2D eigenvalue weighted by Crippen LogP contribution is -2.42. The van der Waals surface area contributed by atoms with E-state index in [-0.39, 0.29) is 0 Å². The minimum absolute atomic E-state index is 0.306. The van der Waals surface area contributed by atoms with Crippen LogP contribution in [-0.4, -0.2) is 28.2 Å². The molecule has 0 radical (unpaired) electrons. The van der Waals surface area contributed by atoms with E-state index >= 15 is 0 Å². The number of nitrogens with zero attached hydrogens (tertiary/aromatic N) is 3. The summed E-state index contributed by atoms with van der Waals surface area (Å²) in [7, 11) is 0. The quantitative estimate of drug-likeness (QED) is 0.859. The van der Waals surface area contributed by atoms with Crippen molar-refractivity contribution < 1.29 is 4.79 Å². The normalized spacial score (nSPS) is 19.4. The molecule has 0 N–H and O–H groups in total. The van der Waals surface area contributed by atoms with E-state index in [2.05, 4.69) is 29.1 Å². The molecule has 3 rings (SSSR count). The summed E-state index contributed by atoms with van der Waals surface area (Å²) in [4.78, 5) is 13.7. The summed E-state index contributed by atoms with van der Waals surface area (Å²) in [6, 6.07) is 12.6. The van der Waals surface area contributed by atoms with E-state index in [9.17, 15) is 4.79 Å². The molecule has 2 aromatic rings. The first-order valence-corrected chi connectivity index (χ1v) is 7.08. The lowest BCUT2D eigenvalue weighted by atomic mass is 10.0. The van der Waals surface area contributed by atoms with E-state index in [1.807, 2.05) is 35.1 Å². The fourth-order valence-electron chi connectivity index (χ4n) is 2.62. The third-order valence-electron chi connectivity index (χ3n) is 3.83. The van der Waals surface area contributed by atoms with Crippen molar-refractivity contribution in [2.75, 3.05) is 11.4 Å². The molecule has 0 amide bonds. The van der Waals surface area contributed by atoms with Gasteiger partial charge in [0.2, 0.25) is 0 Å². The smallest absolute Gasteiger partial charge is 0.152 e. The Morgan fingerprint density at radius 2 is 2.05 bits per heavy atom. The van der Waals surface area contributed by atoms with Crippen LogP contribution in [0, 0.1) is 0 Å². The van der Waals surface area contributed by atoms with Crippen molar-refractivity contribution in [3.05, 3.63) is 48.2 Å². The summed E-state index contributed by atoms with van der Waals surface area (Å²) in [5, 5.41) is 4.60. The third kappa shape index (κ3) is 2.74. The Morgan fingerprint density at radius 3 is 2.85 bits per heavy atom. The Labute approximate surface area is 119 Å². The van der Waals surface area contributed by atoms with Crippen LogP contribution in [0.25, 0.3) is 0 Å². The zero-order valence-electron chi connectivity index (χ0n) is 11.7. The lowest BCUT2D eigenvalue weighted by molar-refractivity contribution is -0.118. The molecule has 4 heteroatoms. The van der Waals surface area contributed by atoms with Crippen LogP contribution < -0.4 is 4.90 Å². The maximum atomic E-state index is 11.6. The predicted molar refractivity (Wildman–Crippen MR) is 78.8 cm³/mol. The molecule has 1 atom stereocenters. The first-order chi connectivity index (χ1) is 9.72. The van der Waals surface area contributed by atoms with Crippen molar-refractivity contribution in [3.8, 4) is 0 Å². The first kappa shape index (κ1) is 12.9. The molecule has 1 unspecified atom stereocenters. The van der Waals surface area contributed by atoms with Gasteiger partial charge >= 0.3 is 0 Å². The Hall–Kier alpha value is -2.10. The van der Waals surface area contributed by atoms with Gasteiger partial charge in [0.25, 0.3) is 0 Å². The highest BCUT2D eigenvalue weighted by atomic mass is 16.1. The highest BCUT2D eigenvalue weighted by Crippen LogP contribution is 2.21. The van der Waals surface area contributed by atoms with E-state index in [0.29, 0.717) is 24.8 Å². The second kappa shape index (κ2) is 5.49. The van der Waals surface area contributed by atoms with Crippen molar-refractivity contribution >= 4 is 11.6 Å². The van der Waals surface area contributed by atoms with Crippen molar-refractivity contribution in [2.24, 2.45) is 0 Å². The number of benzene rings is 1. The van der Waals surface area contributed by atoms with Crippen LogP contribution in [-0.2, 0) is 11.3 Å². The van der Waals surface area contributed by atoms with Gasteiger partial charge in [-0.2, -0.15) is 5.10 Å². The molecular weight excluding hydrogens is 250 g/mol. The lowest BCUT2D eigenvalue weighted by Gasteiger charge is -2.32. The van der Waals surface area contributed by atoms with Gasteiger partial charge < -0.3 is 4.90 Å². The van der Waals surface area contributed by atoms with Crippen LogP contribution in [0.2, 0.25) is 0 Å². The van der Waals surface area contributed by atoms with Gasteiger partial charge in [-0.1, -0.05) is 30.3 Å². The SMILES string of the molecule is CC1CCC(=O)CN1c1ccn(Cc2ccccc2)n1. The number of ketones is 1. The molecule has 0 bridgehead atoms. The molecular formula is C16H19N3O. The molecule has 104 valence electrons. The van der Waals surface area contributed by atoms with Crippen LogP contribution >= 0.6 is 0 Å². The third-order valence-corrected chi connectivity index (χ3v) is 3.83. The second-order valence-electron chi connectivity index (χ2n) is 5.41. The standard InChI is InChI=1S/C16H19N3O/c1-13-7-8-15(20)12-19(13)16-9-10-18(17-16)11-14-5-3-2-4-6-14/h2-6,9-10,13H,7-8,11-12H2,1H3. The van der Waals surface area contributed by atoms with Crippen LogP contribution in [0.5, 0.6) is 0 Å². The van der Waals surface area contributed by atoms with Crippen LogP contribution in [0.1, 0.15) is 25.3 Å². The molecule has 1 aliphatic rings. The number of Topliss-reactive ketones (excluding diaryl/α,β-unsaturated/α-hetero) is 1. The Kier molecular flexibility index (Phi) is 3.54. The van der Waals surface area contributed by atoms with E-state index in [1.165, 1.54) is 5.56 Å². The number of aromatic nitrogens is 2. The van der Waals surface area contributed by atoms with Crippen LogP contribution in [0.15, 0.2) is 42.6 Å². The van der Waals surface area contributed by atoms with Gasteiger partial charge in [-0.25, -0.2) is 0 Å². The zero-order chi connectivity index (χ0) is 13.9. The summed E-state index contributed by atoms with van der Waals surface area (Å²) in [6.07, 6.45) is 3.60. The van der Waals surface area contributed by atoms with Crippen LogP contribution in [0.3, 0.4) is 0 Å². The number of anilines is 1. The average Bonchev–Trinajstić information content (AvgIpc) is 2.91. The van der Waals surface area contributed by atoms with Crippen molar-refractivity contribution in [2.45, 2.75) is 32.4 Å². The summed E-state index contributed by atoms with van der Waals surface area (Å²) in [5.74, 6) is 1.21. The molecule has 2 heterocycles. The fourth-order valence-corrected chi connectivity index (χ4v) is 2.62. The zero-order valence-corrected chi connectivity index (χ0v) is 11.7. The number of hydrogen-bond acceptors (Lipinski definition) is 3. The molecule has 0 spiro atoms. The fraction of sp³-hybridized carbons (Fsp3) is 0.375. The summed E-state index contributed by atoms with van der Waals surface area (Å²) < 4.78 is 1.93. The molecule has 4 nitrogen and oxygen atoms in total. The number of rotatable bonds is 3. The van der Waals surface area contributed by atoms with Crippen LogP contribution in [0.4, 0.5) is 5.82 Å². The van der Waals surface area contributed by atoms with Gasteiger partial charge in [0.1, 0.15) is 0 Å². The minimum Gasteiger partial charge on any atom is -0.345 e. The number of piperidine rings is 1. The highest BCUT2D eigenvalue weighted by molar-refractivity contribution is 5.84. The average molecular weight is 269 g/mol. The van der Waals surface area contributed by atoms with Gasteiger partial charge in [-0.15, -0.1) is 0 Å². The molecule has 1 aliphatic heterocycles. The Balaban J connectivity index is 1.74. The Morgan fingerprint density at radius 1 is 1.25 bits per heavy atom. The Bertz CT molecular complexity index is 591. The molecule has 0 aliphatic carbocycles. The predicted octanol–water partition coefficient (Wildman–Crippen LogP) is 2.49. The van der Waals surface area contributed by atoms with Crippen molar-refractivity contribution in [1.29, 1.82) is 0 Å². The van der Waals surface area contributed by atoms with E-state index in [0.717, 1.165) is 18.8 Å². The maximum Gasteiger partial charge on any atom is 0.152 e. The second-order valence-corrected chi connectivity index (χ2v) is 5.41. The van der Waals surface area contributed by atoms with Gasteiger partial charge in [-0.05, 0) is 18.9 Å². The number of hydrogen-bond donors (Lipinski definition) is 0. The maximum absolute atomic E-state index is 11.6. The van der Waals surface area contributed by atoms with E-state index in [1.54, 1.807) is 0 Å². The molecule has 1 aromatic heterocycles. The summed E-state index contributed by atoms with van der Waals surface area (Å²) in [6.45, 7) is 3.41. The molecule has 1 saturated heterocycles. The van der Waals surface area contributed by atoms with Crippen molar-refractivity contribution in [1.82, 2.24) is 9.78 Å². The van der Waals surface area contributed by atoms with Gasteiger partial charge in [0.05, 0.1) is 13.1 Å². The topological polar surface area (TPSA) is 38.1 Å². The first-order valence-electron chi connectivity index (χ1n) is 7.08. The monoisotopic (exact) mass is 269 g/mol. The van der Waals surface area contributed by atoms with E-state index in [4.69, 9.17) is 0 Å². The van der Waals surface area contributed by atoms with Crippen molar-refractivity contribution in [3.63, 3.8) is 0 Å². The largest absolute Gasteiger partial charge is 0.345 e. The van der Waals surface area contributed by atoms with Gasteiger partial charge in [-0.3, -0.25) is 9.48 Å². The molecule has 20 heavy (non-hydrogen) atoms. The summed E-state index contributed by atoms with van der Waals surface area (Å²) in [5.41, 5.74) is 1.23. The van der Waals surface area contributed by atoms with Gasteiger partial charge in [0, 0.05) is 24.7 Å². The number of carbonyl (C=O) groups is 1. The molecule has 1 fully saturated rings. The minimum atomic E-state index is 0.306. The summed E-state index contributed by atoms with van der Waals surface area (Å²) >= 11 is 0. The van der Waals surface area contributed by atoms with E-state index < -0.39 is 0 Å².